The highest BCUT2D eigenvalue weighted by molar-refractivity contribution is 7.99. The minimum Gasteiger partial charge on any atom is -0.480 e. The molecule has 2 heterocycles. The zero-order valence-corrected chi connectivity index (χ0v) is 18.4. The number of aromatic nitrogens is 1. The first-order valence-corrected chi connectivity index (χ1v) is 12.2. The number of aliphatic carboxylic acids is 1. The highest BCUT2D eigenvalue weighted by Gasteiger charge is 2.19. The fourth-order valence-corrected chi connectivity index (χ4v) is 5.63. The van der Waals surface area contributed by atoms with Crippen LogP contribution in [0.5, 0.6) is 0 Å². The van der Waals surface area contributed by atoms with Gasteiger partial charge in [-0.05, 0) is 60.3 Å². The molecule has 0 saturated heterocycles. The van der Waals surface area contributed by atoms with Gasteiger partial charge in [0.05, 0.1) is 0 Å². The fourth-order valence-electron chi connectivity index (χ4n) is 3.34. The molecule has 0 aliphatic carbocycles. The van der Waals surface area contributed by atoms with E-state index in [9.17, 15) is 14.5 Å². The van der Waals surface area contributed by atoms with Gasteiger partial charge in [-0.25, -0.2) is 0 Å². The molecule has 2 N–H and O–H groups in total. The molecule has 1 atom stereocenters. The molecule has 2 aromatic carbocycles. The summed E-state index contributed by atoms with van der Waals surface area (Å²) in [6.45, 7) is 1.91. The van der Waals surface area contributed by atoms with Crippen molar-refractivity contribution in [3.05, 3.63) is 65.7 Å². The van der Waals surface area contributed by atoms with Gasteiger partial charge < -0.3 is 9.67 Å². The normalized spacial score (nSPS) is 12.4. The molecule has 0 saturated carbocycles. The van der Waals surface area contributed by atoms with E-state index in [1.165, 1.54) is 4.88 Å². The monoisotopic (exact) mass is 442 g/mol. The third-order valence-electron chi connectivity index (χ3n) is 4.75. The van der Waals surface area contributed by atoms with E-state index in [1.54, 1.807) is 29.4 Å². The Kier molecular flexibility index (Phi) is 5.74. The zero-order chi connectivity index (χ0) is 20.5. The van der Waals surface area contributed by atoms with Crippen LogP contribution in [0.3, 0.4) is 0 Å². The van der Waals surface area contributed by atoms with Crippen LogP contribution in [-0.2, 0) is 22.5 Å². The van der Waals surface area contributed by atoms with Crippen molar-refractivity contribution in [2.24, 2.45) is 0 Å². The SMILES string of the molecule is Cc1c(Sc2ccc([S+](C)O)cc2)c2cc(-c3cccs3)ccc2n1CC(=O)O. The fraction of sp³-hybridized carbons (Fsp3) is 0.136. The van der Waals surface area contributed by atoms with Gasteiger partial charge in [0.1, 0.15) is 12.8 Å². The van der Waals surface area contributed by atoms with Crippen LogP contribution >= 0.6 is 23.1 Å². The van der Waals surface area contributed by atoms with Gasteiger partial charge in [-0.1, -0.05) is 23.9 Å². The predicted molar refractivity (Wildman–Crippen MR) is 122 cm³/mol. The minimum atomic E-state index is -0.855. The van der Waals surface area contributed by atoms with Crippen molar-refractivity contribution in [1.82, 2.24) is 4.57 Å². The number of rotatable bonds is 6. The molecule has 29 heavy (non-hydrogen) atoms. The number of carboxylic acid groups (broad SMARTS) is 1. The number of hydrogen-bond donors (Lipinski definition) is 2. The summed E-state index contributed by atoms with van der Waals surface area (Å²) in [4.78, 5) is 15.6. The van der Waals surface area contributed by atoms with Gasteiger partial charge in [-0.3, -0.25) is 4.79 Å². The Bertz CT molecular complexity index is 1160. The van der Waals surface area contributed by atoms with Crippen molar-refractivity contribution in [3.63, 3.8) is 0 Å². The number of thiophene rings is 1. The van der Waals surface area contributed by atoms with Crippen LogP contribution in [-0.4, -0.2) is 26.5 Å². The number of hydrogen-bond acceptors (Lipinski definition) is 4. The standard InChI is InChI=1S/C22H19NO3S3/c1-14-22(28-16-6-8-17(9-7-16)29(2)26)18-12-15(20-4-3-11-27-20)5-10-19(18)23(14)13-21(24)25/h3-12,26H,13H2,1-2H3/p+1. The molecular formula is C22H20NO3S3+. The molecule has 4 nitrogen and oxygen atoms in total. The smallest absolute Gasteiger partial charge is 0.323 e. The summed E-state index contributed by atoms with van der Waals surface area (Å²) in [7, 11) is 0. The molecule has 0 bridgehead atoms. The van der Waals surface area contributed by atoms with Crippen molar-refractivity contribution in [2.45, 2.75) is 28.2 Å². The number of benzene rings is 2. The summed E-state index contributed by atoms with van der Waals surface area (Å²) < 4.78 is 11.6. The van der Waals surface area contributed by atoms with Crippen LogP contribution in [0, 0.1) is 6.92 Å². The molecule has 148 valence electrons. The molecule has 0 aliphatic heterocycles. The highest BCUT2D eigenvalue weighted by atomic mass is 32.2. The van der Waals surface area contributed by atoms with Crippen molar-refractivity contribution in [2.75, 3.05) is 6.26 Å². The molecule has 0 spiro atoms. The zero-order valence-electron chi connectivity index (χ0n) is 16.0. The number of carbonyl (C=O) groups is 1. The second-order valence-corrected chi connectivity index (χ2v) is 10.1. The first-order chi connectivity index (χ1) is 13.9. The second-order valence-electron chi connectivity index (χ2n) is 6.66. The summed E-state index contributed by atoms with van der Waals surface area (Å²) in [5.41, 5.74) is 3.00. The van der Waals surface area contributed by atoms with E-state index in [1.807, 2.05) is 47.9 Å². The van der Waals surface area contributed by atoms with E-state index in [0.717, 1.165) is 36.8 Å². The van der Waals surface area contributed by atoms with Gasteiger partial charge in [-0.15, -0.1) is 11.3 Å². The average Bonchev–Trinajstić information content (AvgIpc) is 3.31. The average molecular weight is 443 g/mol. The molecule has 4 aromatic rings. The van der Waals surface area contributed by atoms with Crippen LogP contribution in [0.2, 0.25) is 0 Å². The van der Waals surface area contributed by atoms with Gasteiger partial charge in [0.25, 0.3) is 0 Å². The Labute approximate surface area is 180 Å². The molecule has 0 amide bonds. The van der Waals surface area contributed by atoms with E-state index in [2.05, 4.69) is 23.6 Å². The lowest BCUT2D eigenvalue weighted by Crippen LogP contribution is -2.09. The van der Waals surface area contributed by atoms with Crippen LogP contribution < -0.4 is 0 Å². The van der Waals surface area contributed by atoms with Crippen LogP contribution in [0.15, 0.2) is 74.7 Å². The lowest BCUT2D eigenvalue weighted by atomic mass is 10.1. The van der Waals surface area contributed by atoms with Gasteiger partial charge in [0, 0.05) is 31.3 Å². The molecule has 0 radical (unpaired) electrons. The number of carboxylic acids is 1. The van der Waals surface area contributed by atoms with E-state index in [-0.39, 0.29) is 6.54 Å². The quantitative estimate of drug-likeness (QED) is 0.360. The third kappa shape index (κ3) is 4.09. The van der Waals surface area contributed by atoms with Gasteiger partial charge in [0.15, 0.2) is 16.1 Å². The molecular weight excluding hydrogens is 422 g/mol. The number of fused-ring (bicyclic) bond motifs is 1. The van der Waals surface area contributed by atoms with Crippen LogP contribution in [0.4, 0.5) is 0 Å². The Morgan fingerprint density at radius 1 is 1.17 bits per heavy atom. The third-order valence-corrected chi connectivity index (χ3v) is 7.85. The summed E-state index contributed by atoms with van der Waals surface area (Å²) in [5, 5.41) is 12.5. The number of nitrogens with zero attached hydrogens (tertiary/aromatic N) is 1. The van der Waals surface area contributed by atoms with E-state index in [0.29, 0.717) is 0 Å². The lowest BCUT2D eigenvalue weighted by Gasteiger charge is -2.05. The Balaban J connectivity index is 1.82. The first-order valence-electron chi connectivity index (χ1n) is 8.95. The summed E-state index contributed by atoms with van der Waals surface area (Å²) in [5.74, 6) is -0.855. The van der Waals surface area contributed by atoms with Crippen LogP contribution in [0.25, 0.3) is 21.3 Å². The van der Waals surface area contributed by atoms with Gasteiger partial charge >= 0.3 is 5.97 Å². The molecule has 2 aromatic heterocycles. The predicted octanol–water partition coefficient (Wildman–Crippen LogP) is 5.99. The molecule has 0 fully saturated rings. The topological polar surface area (TPSA) is 62.5 Å². The summed E-state index contributed by atoms with van der Waals surface area (Å²) in [6.07, 6.45) is 1.78. The molecule has 4 rings (SSSR count). The van der Waals surface area contributed by atoms with E-state index >= 15 is 0 Å². The molecule has 1 unspecified atom stereocenters. The highest BCUT2D eigenvalue weighted by Crippen LogP contribution is 2.40. The lowest BCUT2D eigenvalue weighted by molar-refractivity contribution is -0.137. The van der Waals surface area contributed by atoms with Crippen molar-refractivity contribution in [3.8, 4) is 10.4 Å². The van der Waals surface area contributed by atoms with Crippen LogP contribution in [0.1, 0.15) is 5.69 Å². The summed E-state index contributed by atoms with van der Waals surface area (Å²) >= 11 is 2.56. The minimum absolute atomic E-state index is 0.0661. The Hall–Kier alpha value is -2.19. The van der Waals surface area contributed by atoms with Crippen molar-refractivity contribution in [1.29, 1.82) is 0 Å². The second kappa shape index (κ2) is 8.28. The van der Waals surface area contributed by atoms with E-state index < -0.39 is 17.1 Å². The van der Waals surface area contributed by atoms with Gasteiger partial charge in [-0.2, -0.15) is 4.55 Å². The van der Waals surface area contributed by atoms with E-state index in [4.69, 9.17) is 0 Å². The molecule has 0 aliphatic rings. The molecule has 7 heteroatoms. The Morgan fingerprint density at radius 2 is 1.93 bits per heavy atom. The largest absolute Gasteiger partial charge is 0.480 e. The summed E-state index contributed by atoms with van der Waals surface area (Å²) in [6, 6.07) is 18.2. The maximum absolute atomic E-state index is 11.4. The first kappa shape index (κ1) is 20.1. The van der Waals surface area contributed by atoms with Crippen molar-refractivity contribution >= 4 is 51.1 Å². The maximum Gasteiger partial charge on any atom is 0.323 e. The van der Waals surface area contributed by atoms with Crippen molar-refractivity contribution < 1.29 is 14.5 Å². The Morgan fingerprint density at radius 3 is 2.55 bits per heavy atom. The maximum atomic E-state index is 11.4. The van der Waals surface area contributed by atoms with Gasteiger partial charge in [0.2, 0.25) is 0 Å².